The molecule has 24 heavy (non-hydrogen) atoms. The highest BCUT2D eigenvalue weighted by molar-refractivity contribution is 7.45. The predicted molar refractivity (Wildman–Crippen MR) is 93.5 cm³/mol. The molecule has 0 aliphatic rings. The molecule has 2 aromatic rings. The number of benzene rings is 2. The normalized spacial score (nSPS) is 11.3. The van der Waals surface area contributed by atoms with Crippen molar-refractivity contribution in [3.63, 3.8) is 0 Å². The van der Waals surface area contributed by atoms with Gasteiger partial charge in [-0.3, -0.25) is 0 Å². The van der Waals surface area contributed by atoms with Gasteiger partial charge in [0.1, 0.15) is 6.10 Å². The van der Waals surface area contributed by atoms with Gasteiger partial charge in [0, 0.05) is 6.54 Å². The lowest BCUT2D eigenvalue weighted by Crippen LogP contribution is -2.20. The lowest BCUT2D eigenvalue weighted by Gasteiger charge is -2.20. The van der Waals surface area contributed by atoms with E-state index in [0.717, 1.165) is 13.2 Å². The standard InChI is InChI=1S/C17H21NO.H3O4P/c1-18(2)13-14-19-17(15-9-5-3-6-10-15)16-11-7-4-8-12-16;1-5(2,3)4/h3-12,17H,13-14H2,1-2H3;(H3,1,2,3,4). The first-order chi connectivity index (χ1) is 11.3. The summed E-state index contributed by atoms with van der Waals surface area (Å²) < 4.78 is 15.0. The van der Waals surface area contributed by atoms with Crippen molar-refractivity contribution in [2.45, 2.75) is 6.10 Å². The molecule has 0 amide bonds. The highest BCUT2D eigenvalue weighted by Gasteiger charge is 2.13. The van der Waals surface area contributed by atoms with Crippen LogP contribution >= 0.6 is 7.82 Å². The number of hydrogen-bond donors (Lipinski definition) is 3. The van der Waals surface area contributed by atoms with Crippen molar-refractivity contribution < 1.29 is 24.0 Å². The van der Waals surface area contributed by atoms with E-state index in [1.165, 1.54) is 11.1 Å². The van der Waals surface area contributed by atoms with Gasteiger partial charge in [-0.1, -0.05) is 60.7 Å². The van der Waals surface area contributed by atoms with Crippen molar-refractivity contribution >= 4 is 7.82 Å². The molecule has 0 saturated carbocycles. The first-order valence-electron chi connectivity index (χ1n) is 7.42. The molecule has 0 heterocycles. The van der Waals surface area contributed by atoms with Crippen LogP contribution in [0.15, 0.2) is 60.7 Å². The molecular weight excluding hydrogens is 329 g/mol. The Balaban J connectivity index is 0.000000505. The Morgan fingerprint density at radius 3 is 1.62 bits per heavy atom. The van der Waals surface area contributed by atoms with Gasteiger partial charge >= 0.3 is 7.82 Å². The smallest absolute Gasteiger partial charge is 0.367 e. The number of likely N-dealkylation sites (N-methyl/N-ethyl adjacent to an activating group) is 1. The molecule has 0 aliphatic carbocycles. The van der Waals surface area contributed by atoms with Gasteiger partial charge in [0.2, 0.25) is 0 Å². The van der Waals surface area contributed by atoms with Crippen LogP contribution in [0.4, 0.5) is 0 Å². The lowest BCUT2D eigenvalue weighted by atomic mass is 10.0. The molecule has 0 fully saturated rings. The number of ether oxygens (including phenoxy) is 1. The summed E-state index contributed by atoms with van der Waals surface area (Å²) in [6.45, 7) is 1.65. The fourth-order valence-corrected chi connectivity index (χ4v) is 1.99. The van der Waals surface area contributed by atoms with Crippen molar-refractivity contribution in [2.24, 2.45) is 0 Å². The van der Waals surface area contributed by atoms with Gasteiger partial charge in [0.15, 0.2) is 0 Å². The Hall–Kier alpha value is -1.53. The van der Waals surface area contributed by atoms with E-state index in [-0.39, 0.29) is 6.10 Å². The number of hydrogen-bond acceptors (Lipinski definition) is 3. The molecule has 2 aromatic carbocycles. The van der Waals surface area contributed by atoms with Gasteiger partial charge < -0.3 is 24.3 Å². The fourth-order valence-electron chi connectivity index (χ4n) is 1.99. The summed E-state index contributed by atoms with van der Waals surface area (Å²) in [7, 11) is -0.521. The summed E-state index contributed by atoms with van der Waals surface area (Å²) in [4.78, 5) is 23.7. The number of phosphoric acid groups is 1. The second kappa shape index (κ2) is 10.4. The Bertz CT molecular complexity index is 568. The molecule has 0 radical (unpaired) electrons. The van der Waals surface area contributed by atoms with Crippen LogP contribution in [-0.2, 0) is 9.30 Å². The summed E-state index contributed by atoms with van der Waals surface area (Å²) in [5, 5.41) is 0. The van der Waals surface area contributed by atoms with E-state index >= 15 is 0 Å². The maximum Gasteiger partial charge on any atom is 0.466 e. The summed E-state index contributed by atoms with van der Waals surface area (Å²) in [5.41, 5.74) is 2.40. The van der Waals surface area contributed by atoms with Crippen molar-refractivity contribution in [1.29, 1.82) is 0 Å². The Morgan fingerprint density at radius 1 is 0.917 bits per heavy atom. The minimum atomic E-state index is -4.64. The quantitative estimate of drug-likeness (QED) is 0.691. The summed E-state index contributed by atoms with van der Waals surface area (Å²) in [6.07, 6.45) is 0.0161. The van der Waals surface area contributed by atoms with Crippen LogP contribution in [0.3, 0.4) is 0 Å². The lowest BCUT2D eigenvalue weighted by molar-refractivity contribution is 0.0687. The van der Waals surface area contributed by atoms with E-state index in [2.05, 4.69) is 67.5 Å². The van der Waals surface area contributed by atoms with E-state index in [9.17, 15) is 0 Å². The van der Waals surface area contributed by atoms with Gasteiger partial charge in [-0.2, -0.15) is 0 Å². The zero-order chi connectivity index (χ0) is 18.0. The van der Waals surface area contributed by atoms with E-state index in [1.807, 2.05) is 12.1 Å². The number of rotatable bonds is 6. The van der Waals surface area contributed by atoms with E-state index < -0.39 is 7.82 Å². The Morgan fingerprint density at radius 2 is 1.29 bits per heavy atom. The largest absolute Gasteiger partial charge is 0.466 e. The van der Waals surface area contributed by atoms with Crippen LogP contribution in [0.2, 0.25) is 0 Å². The molecule has 7 heteroatoms. The van der Waals surface area contributed by atoms with Crippen molar-refractivity contribution in [3.05, 3.63) is 71.8 Å². The Labute approximate surface area is 142 Å². The maximum absolute atomic E-state index is 8.88. The van der Waals surface area contributed by atoms with E-state index in [1.54, 1.807) is 0 Å². The van der Waals surface area contributed by atoms with Gasteiger partial charge in [0.05, 0.1) is 6.61 Å². The van der Waals surface area contributed by atoms with Crippen LogP contribution in [-0.4, -0.2) is 46.8 Å². The molecule has 3 N–H and O–H groups in total. The number of nitrogens with zero attached hydrogens (tertiary/aromatic N) is 1. The van der Waals surface area contributed by atoms with Gasteiger partial charge in [-0.05, 0) is 25.2 Å². The second-order valence-electron chi connectivity index (χ2n) is 5.39. The van der Waals surface area contributed by atoms with Crippen molar-refractivity contribution in [3.8, 4) is 0 Å². The zero-order valence-electron chi connectivity index (χ0n) is 13.8. The maximum atomic E-state index is 8.88. The third-order valence-corrected chi connectivity index (χ3v) is 3.03. The topological polar surface area (TPSA) is 90.2 Å². The highest BCUT2D eigenvalue weighted by atomic mass is 31.2. The van der Waals surface area contributed by atoms with Crippen LogP contribution in [0, 0.1) is 0 Å². The van der Waals surface area contributed by atoms with Crippen molar-refractivity contribution in [1.82, 2.24) is 4.90 Å². The van der Waals surface area contributed by atoms with Gasteiger partial charge in [-0.15, -0.1) is 0 Å². The molecule has 132 valence electrons. The van der Waals surface area contributed by atoms with Crippen molar-refractivity contribution in [2.75, 3.05) is 27.2 Å². The van der Waals surface area contributed by atoms with Crippen LogP contribution in [0.1, 0.15) is 17.2 Å². The molecule has 0 atom stereocenters. The molecule has 6 nitrogen and oxygen atoms in total. The first-order valence-corrected chi connectivity index (χ1v) is 8.98. The third kappa shape index (κ3) is 9.57. The molecule has 0 aliphatic heterocycles. The van der Waals surface area contributed by atoms with Gasteiger partial charge in [0.25, 0.3) is 0 Å². The zero-order valence-corrected chi connectivity index (χ0v) is 14.7. The predicted octanol–water partition coefficient (Wildman–Crippen LogP) is 2.43. The molecular formula is C17H24NO5P. The molecule has 0 spiro atoms. The third-order valence-electron chi connectivity index (χ3n) is 3.03. The molecule has 0 bridgehead atoms. The average molecular weight is 353 g/mol. The summed E-state index contributed by atoms with van der Waals surface area (Å²) in [6, 6.07) is 20.8. The Kier molecular flexibility index (Phi) is 8.85. The van der Waals surface area contributed by atoms with E-state index in [4.69, 9.17) is 24.0 Å². The minimum absolute atomic E-state index is 0.0161. The molecule has 0 saturated heterocycles. The molecule has 0 aromatic heterocycles. The molecule has 0 unspecified atom stereocenters. The fraction of sp³-hybridized carbons (Fsp3) is 0.294. The average Bonchev–Trinajstić information content (AvgIpc) is 2.51. The minimum Gasteiger partial charge on any atom is -0.367 e. The monoisotopic (exact) mass is 353 g/mol. The van der Waals surface area contributed by atoms with Crippen LogP contribution < -0.4 is 0 Å². The molecule has 2 rings (SSSR count). The summed E-state index contributed by atoms with van der Waals surface area (Å²) >= 11 is 0. The second-order valence-corrected chi connectivity index (χ2v) is 6.42. The highest BCUT2D eigenvalue weighted by Crippen LogP contribution is 2.26. The van der Waals surface area contributed by atoms with Crippen LogP contribution in [0.5, 0.6) is 0 Å². The van der Waals surface area contributed by atoms with E-state index in [0.29, 0.717) is 0 Å². The SMILES string of the molecule is CN(C)CCOC(c1ccccc1)c1ccccc1.O=P(O)(O)O. The van der Waals surface area contributed by atoms with Crippen LogP contribution in [0.25, 0.3) is 0 Å². The summed E-state index contributed by atoms with van der Waals surface area (Å²) in [5.74, 6) is 0. The van der Waals surface area contributed by atoms with Gasteiger partial charge in [-0.25, -0.2) is 4.57 Å². The first kappa shape index (κ1) is 20.5.